The first kappa shape index (κ1) is 23.0. The molecule has 0 aliphatic carbocycles. The fraction of sp³-hybridized carbons (Fsp3) is 0.182. The molecule has 6 nitrogen and oxygen atoms in total. The van der Waals surface area contributed by atoms with E-state index in [-0.39, 0.29) is 22.2 Å². The normalized spacial score (nSPS) is 11.5. The van der Waals surface area contributed by atoms with Crippen molar-refractivity contribution in [2.24, 2.45) is 0 Å². The van der Waals surface area contributed by atoms with Gasteiger partial charge in [-0.1, -0.05) is 42.1 Å². The van der Waals surface area contributed by atoms with E-state index in [1.165, 1.54) is 36.3 Å². The lowest BCUT2D eigenvalue weighted by molar-refractivity contribution is -0.145. The summed E-state index contributed by atoms with van der Waals surface area (Å²) in [6.45, 7) is 1.42. The minimum atomic E-state index is -4.65. The van der Waals surface area contributed by atoms with E-state index >= 15 is 0 Å². The van der Waals surface area contributed by atoms with Crippen LogP contribution in [0.15, 0.2) is 58.9 Å². The first-order valence-electron chi connectivity index (χ1n) is 9.63. The highest BCUT2D eigenvalue weighted by Gasteiger charge is 2.35. The number of anilines is 2. The second-order valence-corrected chi connectivity index (χ2v) is 8.60. The van der Waals surface area contributed by atoms with Gasteiger partial charge in [-0.2, -0.15) is 13.2 Å². The first-order chi connectivity index (χ1) is 15.8. The average molecular weight is 491 g/mol. The van der Waals surface area contributed by atoms with Crippen LogP contribution in [-0.2, 0) is 16.7 Å². The minimum Gasteiger partial charge on any atom is -0.495 e. The Balaban J connectivity index is 1.62. The zero-order chi connectivity index (χ0) is 23.6. The number of para-hydroxylation sites is 3. The lowest BCUT2D eigenvalue weighted by Gasteiger charge is -2.20. The van der Waals surface area contributed by atoms with E-state index in [4.69, 9.17) is 4.74 Å². The molecule has 0 unspecified atom stereocenters. The molecule has 2 aromatic heterocycles. The molecule has 0 aliphatic heterocycles. The summed E-state index contributed by atoms with van der Waals surface area (Å²) in [5.74, 6) is -0.635. The third kappa shape index (κ3) is 4.93. The van der Waals surface area contributed by atoms with Crippen LogP contribution in [0.1, 0.15) is 18.4 Å². The highest BCUT2D eigenvalue weighted by atomic mass is 32.2. The van der Waals surface area contributed by atoms with Gasteiger partial charge in [-0.05, 0) is 18.2 Å². The molecule has 4 rings (SSSR count). The van der Waals surface area contributed by atoms with Crippen LogP contribution in [0.5, 0.6) is 5.75 Å². The van der Waals surface area contributed by atoms with Gasteiger partial charge in [-0.15, -0.1) is 11.3 Å². The number of alkyl halides is 3. The summed E-state index contributed by atoms with van der Waals surface area (Å²) < 4.78 is 45.1. The SMILES string of the molecule is COc1ccccc1N(C(C)=O)c1nc(CSc2nc(C(F)(F)F)nc3ccccc23)cs1. The lowest BCUT2D eigenvalue weighted by atomic mass is 10.2. The van der Waals surface area contributed by atoms with Crippen molar-refractivity contribution in [3.63, 3.8) is 0 Å². The Bertz CT molecular complexity index is 1310. The molecule has 0 saturated heterocycles. The van der Waals surface area contributed by atoms with Gasteiger partial charge in [-0.3, -0.25) is 9.69 Å². The van der Waals surface area contributed by atoms with Crippen molar-refractivity contribution in [2.45, 2.75) is 23.9 Å². The number of nitrogens with zero attached hydrogens (tertiary/aromatic N) is 4. The predicted octanol–water partition coefficient (Wildman–Crippen LogP) is 6.09. The number of thioether (sulfide) groups is 1. The van der Waals surface area contributed by atoms with E-state index < -0.39 is 12.0 Å². The summed E-state index contributed by atoms with van der Waals surface area (Å²) in [4.78, 5) is 25.8. The Morgan fingerprint density at radius 3 is 2.55 bits per heavy atom. The van der Waals surface area contributed by atoms with Crippen LogP contribution in [0.25, 0.3) is 10.9 Å². The van der Waals surface area contributed by atoms with E-state index in [0.29, 0.717) is 27.6 Å². The Hall–Kier alpha value is -3.18. The summed E-state index contributed by atoms with van der Waals surface area (Å²) in [6, 6.07) is 13.6. The fourth-order valence-corrected chi connectivity index (χ4v) is 5.01. The van der Waals surface area contributed by atoms with Crippen molar-refractivity contribution >= 4 is 50.7 Å². The van der Waals surface area contributed by atoms with Crippen LogP contribution in [-0.4, -0.2) is 28.0 Å². The standard InChI is InChI=1S/C22H17F3N4O2S2/c1-13(30)29(17-9-5-6-10-18(17)31-2)21-26-14(12-33-21)11-32-19-15-7-3-4-8-16(15)27-20(28-19)22(23,24)25/h3-10,12H,11H2,1-2H3. The smallest absolute Gasteiger partial charge is 0.451 e. The zero-order valence-electron chi connectivity index (χ0n) is 17.5. The summed E-state index contributed by atoms with van der Waals surface area (Å²) in [5.41, 5.74) is 1.38. The monoisotopic (exact) mass is 490 g/mol. The lowest BCUT2D eigenvalue weighted by Crippen LogP contribution is -2.23. The van der Waals surface area contributed by atoms with Gasteiger partial charge < -0.3 is 4.74 Å². The Kier molecular flexibility index (Phi) is 6.52. The van der Waals surface area contributed by atoms with Crippen LogP contribution < -0.4 is 9.64 Å². The second-order valence-electron chi connectivity index (χ2n) is 6.80. The number of amides is 1. The van der Waals surface area contributed by atoms with Crippen molar-refractivity contribution in [3.8, 4) is 5.75 Å². The van der Waals surface area contributed by atoms with Crippen molar-refractivity contribution in [2.75, 3.05) is 12.0 Å². The predicted molar refractivity (Wildman–Crippen MR) is 122 cm³/mol. The van der Waals surface area contributed by atoms with Gasteiger partial charge in [0.15, 0.2) is 5.13 Å². The third-order valence-electron chi connectivity index (χ3n) is 4.55. The largest absolute Gasteiger partial charge is 0.495 e. The summed E-state index contributed by atoms with van der Waals surface area (Å²) in [6.07, 6.45) is -4.65. The number of rotatable bonds is 6. The third-order valence-corrected chi connectivity index (χ3v) is 6.45. The number of hydrogen-bond acceptors (Lipinski definition) is 7. The fourth-order valence-electron chi connectivity index (χ4n) is 3.11. The van der Waals surface area contributed by atoms with Gasteiger partial charge in [0.05, 0.1) is 24.0 Å². The minimum absolute atomic E-state index is 0.218. The number of hydrogen-bond donors (Lipinski definition) is 0. The molecule has 0 fully saturated rings. The highest BCUT2D eigenvalue weighted by Crippen LogP contribution is 2.37. The summed E-state index contributed by atoms with van der Waals surface area (Å²) in [5, 5.41) is 2.95. The summed E-state index contributed by atoms with van der Waals surface area (Å²) in [7, 11) is 1.52. The molecule has 1 amide bonds. The maximum Gasteiger partial charge on any atom is 0.451 e. The first-order valence-corrected chi connectivity index (χ1v) is 11.5. The molecule has 4 aromatic rings. The van der Waals surface area contributed by atoms with E-state index in [9.17, 15) is 18.0 Å². The number of fused-ring (bicyclic) bond motifs is 1. The molecule has 0 atom stereocenters. The van der Waals surface area contributed by atoms with Crippen molar-refractivity contribution in [1.29, 1.82) is 0 Å². The Morgan fingerprint density at radius 2 is 1.82 bits per heavy atom. The van der Waals surface area contributed by atoms with Gasteiger partial charge in [0.25, 0.3) is 0 Å². The molecule has 0 aliphatic rings. The molecule has 0 spiro atoms. The molecule has 2 heterocycles. The number of carbonyl (C=O) groups excluding carboxylic acids is 1. The molecule has 2 aromatic carbocycles. The van der Waals surface area contributed by atoms with Crippen LogP contribution in [0, 0.1) is 0 Å². The summed E-state index contributed by atoms with van der Waals surface area (Å²) >= 11 is 2.39. The molecular weight excluding hydrogens is 473 g/mol. The zero-order valence-corrected chi connectivity index (χ0v) is 19.1. The number of benzene rings is 2. The van der Waals surface area contributed by atoms with Gasteiger partial charge in [-0.25, -0.2) is 15.0 Å². The molecule has 170 valence electrons. The number of methoxy groups -OCH3 is 1. The average Bonchev–Trinajstić information content (AvgIpc) is 3.25. The molecule has 33 heavy (non-hydrogen) atoms. The van der Waals surface area contributed by atoms with Crippen LogP contribution in [0.4, 0.5) is 24.0 Å². The Labute approximate surface area is 195 Å². The van der Waals surface area contributed by atoms with E-state index in [0.717, 1.165) is 11.8 Å². The van der Waals surface area contributed by atoms with Crippen molar-refractivity contribution in [3.05, 3.63) is 65.4 Å². The number of ether oxygens (including phenoxy) is 1. The van der Waals surface area contributed by atoms with Gasteiger partial charge in [0.2, 0.25) is 11.7 Å². The molecule has 0 bridgehead atoms. The van der Waals surface area contributed by atoms with E-state index in [2.05, 4.69) is 15.0 Å². The maximum absolute atomic E-state index is 13.3. The van der Waals surface area contributed by atoms with E-state index in [1.54, 1.807) is 47.8 Å². The second kappa shape index (κ2) is 9.36. The van der Waals surface area contributed by atoms with Gasteiger partial charge in [0, 0.05) is 23.4 Å². The maximum atomic E-state index is 13.3. The van der Waals surface area contributed by atoms with Crippen molar-refractivity contribution < 1.29 is 22.7 Å². The molecule has 11 heteroatoms. The number of halogens is 3. The number of carbonyl (C=O) groups is 1. The van der Waals surface area contributed by atoms with Crippen molar-refractivity contribution in [1.82, 2.24) is 15.0 Å². The highest BCUT2D eigenvalue weighted by molar-refractivity contribution is 7.98. The number of thiazole rings is 1. The molecule has 0 N–H and O–H groups in total. The van der Waals surface area contributed by atoms with Gasteiger partial charge >= 0.3 is 6.18 Å². The van der Waals surface area contributed by atoms with Crippen LogP contribution in [0.2, 0.25) is 0 Å². The van der Waals surface area contributed by atoms with Crippen LogP contribution >= 0.6 is 23.1 Å². The van der Waals surface area contributed by atoms with E-state index in [1.807, 2.05) is 0 Å². The van der Waals surface area contributed by atoms with Crippen LogP contribution in [0.3, 0.4) is 0 Å². The Morgan fingerprint density at radius 1 is 1.09 bits per heavy atom. The molecule has 0 radical (unpaired) electrons. The molecule has 0 saturated carbocycles. The topological polar surface area (TPSA) is 68.2 Å². The molecular formula is C22H17F3N4O2S2. The quantitative estimate of drug-likeness (QED) is 0.241. The van der Waals surface area contributed by atoms with Gasteiger partial charge in [0.1, 0.15) is 10.8 Å². The number of aromatic nitrogens is 3.